The number of allylic oxidation sites excluding steroid dienone is 2. The number of hydrogen-bond donors (Lipinski definition) is 1. The van der Waals surface area contributed by atoms with Gasteiger partial charge in [-0.1, -0.05) is 38.8 Å². The molecule has 0 aromatic carbocycles. The zero-order chi connectivity index (χ0) is 10.6. The summed E-state index contributed by atoms with van der Waals surface area (Å²) in [6, 6.07) is 0. The van der Waals surface area contributed by atoms with E-state index >= 15 is 0 Å². The number of hydrogen-bond acceptors (Lipinski definition) is 1. The molecule has 84 valence electrons. The normalized spacial score (nSPS) is 13.6. The SMILES string of the molecule is CCC=CCCCCC(CO)CCC. The van der Waals surface area contributed by atoms with Gasteiger partial charge in [-0.25, -0.2) is 0 Å². The summed E-state index contributed by atoms with van der Waals surface area (Å²) in [6.07, 6.45) is 13.0. The van der Waals surface area contributed by atoms with Crippen LogP contribution in [-0.2, 0) is 0 Å². The van der Waals surface area contributed by atoms with E-state index in [1.807, 2.05) is 0 Å². The Morgan fingerprint density at radius 1 is 1.07 bits per heavy atom. The smallest absolute Gasteiger partial charge is 0.0459 e. The van der Waals surface area contributed by atoms with E-state index in [2.05, 4.69) is 26.0 Å². The number of aliphatic hydroxyl groups is 1. The van der Waals surface area contributed by atoms with E-state index in [0.29, 0.717) is 12.5 Å². The lowest BCUT2D eigenvalue weighted by Gasteiger charge is -2.11. The Balaban J connectivity index is 3.28. The third-order valence-electron chi connectivity index (χ3n) is 2.59. The highest BCUT2D eigenvalue weighted by atomic mass is 16.3. The molecule has 0 aromatic heterocycles. The summed E-state index contributed by atoms with van der Waals surface area (Å²) in [6.45, 7) is 4.73. The Morgan fingerprint density at radius 2 is 1.86 bits per heavy atom. The standard InChI is InChI=1S/C13H26O/c1-3-5-6-7-8-9-11-13(12-14)10-4-2/h5-6,13-14H,3-4,7-12H2,1-2H3. The van der Waals surface area contributed by atoms with Gasteiger partial charge in [0.1, 0.15) is 0 Å². The predicted molar refractivity (Wildman–Crippen MR) is 63.4 cm³/mol. The lowest BCUT2D eigenvalue weighted by atomic mass is 9.97. The van der Waals surface area contributed by atoms with E-state index in [1.165, 1.54) is 38.5 Å². The molecule has 0 radical (unpaired) electrons. The summed E-state index contributed by atoms with van der Waals surface area (Å²) in [4.78, 5) is 0. The molecule has 1 heteroatoms. The topological polar surface area (TPSA) is 20.2 Å². The van der Waals surface area contributed by atoms with E-state index in [-0.39, 0.29) is 0 Å². The monoisotopic (exact) mass is 198 g/mol. The zero-order valence-corrected chi connectivity index (χ0v) is 9.84. The first kappa shape index (κ1) is 13.7. The Hall–Kier alpha value is -0.300. The van der Waals surface area contributed by atoms with Crippen LogP contribution in [0.1, 0.15) is 58.8 Å². The fourth-order valence-corrected chi connectivity index (χ4v) is 1.71. The van der Waals surface area contributed by atoms with Crippen molar-refractivity contribution < 1.29 is 5.11 Å². The van der Waals surface area contributed by atoms with E-state index in [0.717, 1.165) is 6.42 Å². The molecule has 0 aromatic rings. The number of unbranched alkanes of at least 4 members (excludes halogenated alkanes) is 2. The molecule has 0 rings (SSSR count). The third kappa shape index (κ3) is 8.31. The van der Waals surface area contributed by atoms with Crippen molar-refractivity contribution in [3.63, 3.8) is 0 Å². The molecule has 1 nitrogen and oxygen atoms in total. The Labute approximate surface area is 89.2 Å². The van der Waals surface area contributed by atoms with Crippen LogP contribution in [0.25, 0.3) is 0 Å². The fourth-order valence-electron chi connectivity index (χ4n) is 1.71. The molecule has 0 heterocycles. The summed E-state index contributed by atoms with van der Waals surface area (Å²) in [5.41, 5.74) is 0. The molecule has 0 amide bonds. The average molecular weight is 198 g/mol. The van der Waals surface area contributed by atoms with Crippen molar-refractivity contribution in [1.82, 2.24) is 0 Å². The van der Waals surface area contributed by atoms with Gasteiger partial charge >= 0.3 is 0 Å². The van der Waals surface area contributed by atoms with Gasteiger partial charge in [0.2, 0.25) is 0 Å². The van der Waals surface area contributed by atoms with Gasteiger partial charge < -0.3 is 5.11 Å². The van der Waals surface area contributed by atoms with Crippen LogP contribution in [0.4, 0.5) is 0 Å². The minimum absolute atomic E-state index is 0.374. The van der Waals surface area contributed by atoms with Crippen molar-refractivity contribution in [1.29, 1.82) is 0 Å². The van der Waals surface area contributed by atoms with Crippen LogP contribution in [0.2, 0.25) is 0 Å². The van der Waals surface area contributed by atoms with Crippen molar-refractivity contribution in [2.45, 2.75) is 58.8 Å². The van der Waals surface area contributed by atoms with Crippen LogP contribution in [-0.4, -0.2) is 11.7 Å². The average Bonchev–Trinajstić information content (AvgIpc) is 2.21. The molecule has 0 bridgehead atoms. The quantitative estimate of drug-likeness (QED) is 0.440. The Kier molecular flexibility index (Phi) is 10.5. The van der Waals surface area contributed by atoms with Gasteiger partial charge in [-0.05, 0) is 38.0 Å². The second-order valence-electron chi connectivity index (χ2n) is 4.00. The second-order valence-corrected chi connectivity index (χ2v) is 4.00. The summed E-state index contributed by atoms with van der Waals surface area (Å²) >= 11 is 0. The summed E-state index contributed by atoms with van der Waals surface area (Å²) in [5.74, 6) is 0.551. The molecule has 0 saturated heterocycles. The second kappa shape index (κ2) is 10.8. The summed E-state index contributed by atoms with van der Waals surface area (Å²) in [7, 11) is 0. The maximum Gasteiger partial charge on any atom is 0.0459 e. The van der Waals surface area contributed by atoms with Crippen LogP contribution in [0.3, 0.4) is 0 Å². The van der Waals surface area contributed by atoms with Crippen LogP contribution in [0.5, 0.6) is 0 Å². The largest absolute Gasteiger partial charge is 0.396 e. The first-order chi connectivity index (χ1) is 6.85. The van der Waals surface area contributed by atoms with Gasteiger partial charge in [0.15, 0.2) is 0 Å². The molecule has 0 fully saturated rings. The van der Waals surface area contributed by atoms with Gasteiger partial charge in [-0.3, -0.25) is 0 Å². The molecule has 14 heavy (non-hydrogen) atoms. The number of aliphatic hydroxyl groups excluding tert-OH is 1. The lowest BCUT2D eigenvalue weighted by molar-refractivity contribution is 0.207. The predicted octanol–water partition coefficient (Wildman–Crippen LogP) is 3.92. The van der Waals surface area contributed by atoms with Crippen molar-refractivity contribution in [3.05, 3.63) is 12.2 Å². The van der Waals surface area contributed by atoms with Crippen molar-refractivity contribution in [2.24, 2.45) is 5.92 Å². The van der Waals surface area contributed by atoms with Crippen molar-refractivity contribution in [2.75, 3.05) is 6.61 Å². The highest BCUT2D eigenvalue weighted by Crippen LogP contribution is 2.14. The minimum atomic E-state index is 0.374. The molecular formula is C13H26O. The first-order valence-corrected chi connectivity index (χ1v) is 6.11. The third-order valence-corrected chi connectivity index (χ3v) is 2.59. The first-order valence-electron chi connectivity index (χ1n) is 6.11. The molecule has 0 spiro atoms. The highest BCUT2D eigenvalue weighted by molar-refractivity contribution is 4.79. The van der Waals surface area contributed by atoms with Gasteiger partial charge in [0, 0.05) is 6.61 Å². The maximum atomic E-state index is 9.08. The minimum Gasteiger partial charge on any atom is -0.396 e. The van der Waals surface area contributed by atoms with E-state index in [1.54, 1.807) is 0 Å². The molecule has 0 aliphatic rings. The van der Waals surface area contributed by atoms with E-state index in [4.69, 9.17) is 5.11 Å². The zero-order valence-electron chi connectivity index (χ0n) is 9.84. The summed E-state index contributed by atoms with van der Waals surface area (Å²) in [5, 5.41) is 9.08. The molecule has 1 atom stereocenters. The Bertz CT molecular complexity index is 129. The molecule has 0 aliphatic heterocycles. The lowest BCUT2D eigenvalue weighted by Crippen LogP contribution is -2.05. The number of rotatable bonds is 9. The van der Waals surface area contributed by atoms with Gasteiger partial charge in [-0.2, -0.15) is 0 Å². The van der Waals surface area contributed by atoms with Gasteiger partial charge in [0.05, 0.1) is 0 Å². The van der Waals surface area contributed by atoms with Crippen LogP contribution >= 0.6 is 0 Å². The van der Waals surface area contributed by atoms with E-state index in [9.17, 15) is 0 Å². The van der Waals surface area contributed by atoms with Gasteiger partial charge in [0.25, 0.3) is 0 Å². The fraction of sp³-hybridized carbons (Fsp3) is 0.846. The molecule has 0 saturated carbocycles. The molecule has 1 unspecified atom stereocenters. The van der Waals surface area contributed by atoms with Gasteiger partial charge in [-0.15, -0.1) is 0 Å². The maximum absolute atomic E-state index is 9.08. The van der Waals surface area contributed by atoms with Crippen molar-refractivity contribution >= 4 is 0 Å². The van der Waals surface area contributed by atoms with E-state index < -0.39 is 0 Å². The molecule has 1 N–H and O–H groups in total. The highest BCUT2D eigenvalue weighted by Gasteiger charge is 2.04. The van der Waals surface area contributed by atoms with Crippen LogP contribution in [0, 0.1) is 5.92 Å². The van der Waals surface area contributed by atoms with Crippen LogP contribution in [0.15, 0.2) is 12.2 Å². The Morgan fingerprint density at radius 3 is 2.43 bits per heavy atom. The van der Waals surface area contributed by atoms with Crippen molar-refractivity contribution in [3.8, 4) is 0 Å². The summed E-state index contributed by atoms with van der Waals surface area (Å²) < 4.78 is 0. The van der Waals surface area contributed by atoms with Crippen LogP contribution < -0.4 is 0 Å². The molecular weight excluding hydrogens is 172 g/mol. The molecule has 0 aliphatic carbocycles.